The molecule has 0 aliphatic heterocycles. The molecule has 2 aromatic heterocycles. The quantitative estimate of drug-likeness (QED) is 0.415. The van der Waals surface area contributed by atoms with Gasteiger partial charge >= 0.3 is 0 Å². The number of aromatic nitrogens is 3. The van der Waals surface area contributed by atoms with Crippen LogP contribution in [0.2, 0.25) is 5.02 Å². The molecule has 0 unspecified atom stereocenters. The van der Waals surface area contributed by atoms with Crippen molar-refractivity contribution in [3.05, 3.63) is 77.8 Å². The molecule has 0 radical (unpaired) electrons. The molecular formula is C21H20ClN5O. The minimum absolute atomic E-state index is 0.0952. The van der Waals surface area contributed by atoms with E-state index in [-0.39, 0.29) is 6.61 Å². The Morgan fingerprint density at radius 2 is 1.93 bits per heavy atom. The van der Waals surface area contributed by atoms with Gasteiger partial charge in [-0.05, 0) is 11.6 Å². The van der Waals surface area contributed by atoms with Crippen LogP contribution >= 0.6 is 11.6 Å². The number of halogens is 1. The third kappa shape index (κ3) is 3.84. The largest absolute Gasteiger partial charge is 0.395 e. The van der Waals surface area contributed by atoms with Crippen molar-refractivity contribution in [3.63, 3.8) is 0 Å². The number of hydrogen-bond acceptors (Lipinski definition) is 5. The van der Waals surface area contributed by atoms with E-state index in [1.54, 1.807) is 6.20 Å². The number of benzene rings is 2. The predicted molar refractivity (Wildman–Crippen MR) is 112 cm³/mol. The summed E-state index contributed by atoms with van der Waals surface area (Å²) in [5, 5.41) is 16.0. The van der Waals surface area contributed by atoms with Gasteiger partial charge in [-0.15, -0.1) is 0 Å². The number of rotatable bonds is 7. The van der Waals surface area contributed by atoms with E-state index in [0.29, 0.717) is 29.6 Å². The van der Waals surface area contributed by atoms with Crippen LogP contribution in [0.3, 0.4) is 0 Å². The van der Waals surface area contributed by atoms with Crippen molar-refractivity contribution in [1.82, 2.24) is 19.7 Å². The van der Waals surface area contributed by atoms with Crippen molar-refractivity contribution in [2.75, 3.05) is 18.5 Å². The highest BCUT2D eigenvalue weighted by Crippen LogP contribution is 2.35. The van der Waals surface area contributed by atoms with Crippen LogP contribution in [0, 0.1) is 0 Å². The van der Waals surface area contributed by atoms with Gasteiger partial charge < -0.3 is 20.1 Å². The van der Waals surface area contributed by atoms with Crippen LogP contribution in [0.1, 0.15) is 5.69 Å². The molecule has 2 heterocycles. The Morgan fingerprint density at radius 3 is 2.75 bits per heavy atom. The van der Waals surface area contributed by atoms with E-state index in [0.717, 1.165) is 22.5 Å². The fraction of sp³-hybridized carbons (Fsp3) is 0.143. The minimum Gasteiger partial charge on any atom is -0.395 e. The molecule has 0 aliphatic carbocycles. The maximum Gasteiger partial charge on any atom is 0.180 e. The van der Waals surface area contributed by atoms with Gasteiger partial charge in [-0.1, -0.05) is 54.1 Å². The van der Waals surface area contributed by atoms with Crippen LogP contribution in [0.4, 0.5) is 11.5 Å². The van der Waals surface area contributed by atoms with E-state index in [4.69, 9.17) is 16.7 Å². The number of nitrogens with zero attached hydrogens (tertiary/aromatic N) is 3. The summed E-state index contributed by atoms with van der Waals surface area (Å²) in [6, 6.07) is 15.9. The summed E-state index contributed by atoms with van der Waals surface area (Å²) in [5.41, 5.74) is 4.36. The van der Waals surface area contributed by atoms with E-state index in [9.17, 15) is 0 Å². The molecule has 142 valence electrons. The lowest BCUT2D eigenvalue weighted by molar-refractivity contribution is 0.291. The van der Waals surface area contributed by atoms with Crippen LogP contribution in [-0.2, 0) is 6.54 Å². The third-order valence-electron chi connectivity index (χ3n) is 4.36. The fourth-order valence-electron chi connectivity index (χ4n) is 3.04. The molecule has 6 nitrogen and oxygen atoms in total. The second-order valence-electron chi connectivity index (χ2n) is 6.30. The maximum atomic E-state index is 8.90. The van der Waals surface area contributed by atoms with Crippen LogP contribution in [0.5, 0.6) is 0 Å². The Morgan fingerprint density at radius 1 is 1.07 bits per heavy atom. The number of nitrogens with one attached hydrogen (secondary N) is 2. The van der Waals surface area contributed by atoms with Crippen molar-refractivity contribution in [2.45, 2.75) is 6.54 Å². The molecule has 0 aliphatic rings. The molecule has 28 heavy (non-hydrogen) atoms. The Labute approximate surface area is 167 Å². The monoisotopic (exact) mass is 393 g/mol. The average molecular weight is 394 g/mol. The highest BCUT2D eigenvalue weighted by atomic mass is 35.5. The zero-order chi connectivity index (χ0) is 19.3. The van der Waals surface area contributed by atoms with E-state index in [1.807, 2.05) is 65.3 Å². The zero-order valence-electron chi connectivity index (χ0n) is 15.1. The summed E-state index contributed by atoms with van der Waals surface area (Å²) < 4.78 is 1.92. The molecule has 4 aromatic rings. The number of anilines is 2. The molecule has 0 saturated carbocycles. The number of fused-ring (bicyclic) bond motifs is 1. The van der Waals surface area contributed by atoms with Gasteiger partial charge in [0.15, 0.2) is 11.5 Å². The van der Waals surface area contributed by atoms with E-state index in [1.165, 1.54) is 0 Å². The number of hydrogen-bond donors (Lipinski definition) is 3. The predicted octanol–water partition coefficient (Wildman–Crippen LogP) is 3.88. The Kier molecular flexibility index (Phi) is 5.53. The molecule has 4 rings (SSSR count). The molecule has 2 aromatic carbocycles. The zero-order valence-corrected chi connectivity index (χ0v) is 15.9. The Bertz CT molecular complexity index is 1080. The molecule has 0 saturated heterocycles. The average Bonchev–Trinajstić information content (AvgIpc) is 3.14. The third-order valence-corrected chi connectivity index (χ3v) is 4.76. The SMILES string of the molecule is OCCNCc1cn2ccnc(Nc3cccc(-c4ccccc4)c3Cl)c2n1. The summed E-state index contributed by atoms with van der Waals surface area (Å²) >= 11 is 6.68. The molecule has 7 heteroatoms. The maximum absolute atomic E-state index is 8.90. The fourth-order valence-corrected chi connectivity index (χ4v) is 3.32. The highest BCUT2D eigenvalue weighted by Gasteiger charge is 2.12. The van der Waals surface area contributed by atoms with Crippen LogP contribution < -0.4 is 10.6 Å². The molecule has 0 atom stereocenters. The topological polar surface area (TPSA) is 74.5 Å². The molecule has 0 spiro atoms. The first-order valence-corrected chi connectivity index (χ1v) is 9.39. The normalized spacial score (nSPS) is 11.1. The van der Waals surface area contributed by atoms with Crippen LogP contribution in [-0.4, -0.2) is 32.6 Å². The van der Waals surface area contributed by atoms with Gasteiger partial charge in [0.1, 0.15) is 0 Å². The highest BCUT2D eigenvalue weighted by molar-refractivity contribution is 6.36. The molecule has 0 bridgehead atoms. The lowest BCUT2D eigenvalue weighted by Crippen LogP contribution is -2.17. The minimum atomic E-state index is 0.0952. The second kappa shape index (κ2) is 8.39. The van der Waals surface area contributed by atoms with Crippen molar-refractivity contribution < 1.29 is 5.11 Å². The van der Waals surface area contributed by atoms with Gasteiger partial charge in [0, 0.05) is 37.2 Å². The molecule has 0 fully saturated rings. The summed E-state index contributed by atoms with van der Waals surface area (Å²) in [7, 11) is 0. The van der Waals surface area contributed by atoms with Gasteiger partial charge in [-0.3, -0.25) is 0 Å². The lowest BCUT2D eigenvalue weighted by atomic mass is 10.1. The smallest absolute Gasteiger partial charge is 0.180 e. The van der Waals surface area contributed by atoms with Gasteiger partial charge in [0.05, 0.1) is 23.0 Å². The molecular weight excluding hydrogens is 374 g/mol. The summed E-state index contributed by atoms with van der Waals surface area (Å²) in [6.45, 7) is 1.20. The van der Waals surface area contributed by atoms with Crippen molar-refractivity contribution >= 4 is 28.8 Å². The van der Waals surface area contributed by atoms with E-state index >= 15 is 0 Å². The van der Waals surface area contributed by atoms with Gasteiger partial charge in [0.25, 0.3) is 0 Å². The van der Waals surface area contributed by atoms with Gasteiger partial charge in [-0.2, -0.15) is 0 Å². The first kappa shape index (κ1) is 18.4. The standard InChI is InChI=1S/C21H20ClN5O/c22-19-17(15-5-2-1-3-6-15)7-4-8-18(19)26-20-21-25-16(13-23-10-12-28)14-27(21)11-9-24-20/h1-9,11,14,23,28H,10,12-13H2,(H,24,26). The summed E-state index contributed by atoms with van der Waals surface area (Å²) in [4.78, 5) is 9.08. The first-order chi connectivity index (χ1) is 13.8. The van der Waals surface area contributed by atoms with Crippen molar-refractivity contribution in [2.24, 2.45) is 0 Å². The second-order valence-corrected chi connectivity index (χ2v) is 6.68. The molecule has 3 N–H and O–H groups in total. The van der Waals surface area contributed by atoms with Crippen molar-refractivity contribution in [1.29, 1.82) is 0 Å². The van der Waals surface area contributed by atoms with Crippen LogP contribution in [0.15, 0.2) is 67.1 Å². The van der Waals surface area contributed by atoms with Crippen molar-refractivity contribution in [3.8, 4) is 11.1 Å². The number of aliphatic hydroxyl groups excluding tert-OH is 1. The number of imidazole rings is 1. The Hall–Kier alpha value is -2.93. The van der Waals surface area contributed by atoms with E-state index < -0.39 is 0 Å². The van der Waals surface area contributed by atoms with E-state index in [2.05, 4.69) is 20.6 Å². The summed E-state index contributed by atoms with van der Waals surface area (Å²) in [6.07, 6.45) is 5.51. The number of aliphatic hydroxyl groups is 1. The van der Waals surface area contributed by atoms with Gasteiger partial charge in [-0.25, -0.2) is 9.97 Å². The Balaban J connectivity index is 1.65. The first-order valence-electron chi connectivity index (χ1n) is 9.01. The van der Waals surface area contributed by atoms with Crippen LogP contribution in [0.25, 0.3) is 16.8 Å². The molecule has 0 amide bonds. The summed E-state index contributed by atoms with van der Waals surface area (Å²) in [5.74, 6) is 0.628. The lowest BCUT2D eigenvalue weighted by Gasteiger charge is -2.12. The van der Waals surface area contributed by atoms with Gasteiger partial charge in [0.2, 0.25) is 0 Å².